The van der Waals surface area contributed by atoms with Crippen LogP contribution in [0.25, 0.3) is 0 Å². The molecule has 1 fully saturated rings. The number of amidine groups is 1. The first-order valence-corrected chi connectivity index (χ1v) is 7.15. The molecule has 1 aliphatic carbocycles. The standard InChI is InChI=1S/C15H22N4O/c1-18-8-9-19(13-5-3-2-4-12(13)18)11-15(6-7-15)10-14(16)17-20/h2-5,20H,6-11H2,1H3,(H2,16,17). The van der Waals surface area contributed by atoms with Crippen LogP contribution in [0, 0.1) is 5.41 Å². The number of likely N-dealkylation sites (N-methyl/N-ethyl adjacent to an activating group) is 1. The zero-order valence-electron chi connectivity index (χ0n) is 11.9. The van der Waals surface area contributed by atoms with E-state index in [1.807, 2.05) is 0 Å². The van der Waals surface area contributed by atoms with E-state index >= 15 is 0 Å². The molecule has 20 heavy (non-hydrogen) atoms. The maximum absolute atomic E-state index is 8.77. The van der Waals surface area contributed by atoms with Gasteiger partial charge >= 0.3 is 0 Å². The molecule has 108 valence electrons. The first-order chi connectivity index (χ1) is 9.63. The number of hydrogen-bond donors (Lipinski definition) is 2. The van der Waals surface area contributed by atoms with Gasteiger partial charge in [-0.05, 0) is 30.4 Å². The van der Waals surface area contributed by atoms with Crippen molar-refractivity contribution in [3.8, 4) is 0 Å². The minimum Gasteiger partial charge on any atom is -0.409 e. The molecule has 0 radical (unpaired) electrons. The summed E-state index contributed by atoms with van der Waals surface area (Å²) in [6.45, 7) is 3.07. The molecule has 0 aromatic heterocycles. The van der Waals surface area contributed by atoms with E-state index < -0.39 is 0 Å². The Morgan fingerprint density at radius 2 is 2.00 bits per heavy atom. The van der Waals surface area contributed by atoms with Gasteiger partial charge in [0, 0.05) is 33.1 Å². The van der Waals surface area contributed by atoms with Crippen molar-refractivity contribution in [3.63, 3.8) is 0 Å². The average Bonchev–Trinajstić information content (AvgIpc) is 3.22. The topological polar surface area (TPSA) is 65.1 Å². The van der Waals surface area contributed by atoms with E-state index in [9.17, 15) is 0 Å². The number of rotatable bonds is 4. The van der Waals surface area contributed by atoms with Gasteiger partial charge in [-0.2, -0.15) is 0 Å². The van der Waals surface area contributed by atoms with E-state index in [1.54, 1.807) is 0 Å². The van der Waals surface area contributed by atoms with Crippen molar-refractivity contribution < 1.29 is 5.21 Å². The molecule has 0 atom stereocenters. The van der Waals surface area contributed by atoms with Gasteiger partial charge in [-0.25, -0.2) is 0 Å². The highest BCUT2D eigenvalue weighted by atomic mass is 16.4. The predicted molar refractivity (Wildman–Crippen MR) is 81.6 cm³/mol. The number of nitrogens with two attached hydrogens (primary N) is 1. The van der Waals surface area contributed by atoms with E-state index in [0.29, 0.717) is 12.3 Å². The van der Waals surface area contributed by atoms with Crippen LogP contribution >= 0.6 is 0 Å². The summed E-state index contributed by atoms with van der Waals surface area (Å²) < 4.78 is 0. The second kappa shape index (κ2) is 4.89. The Labute approximate surface area is 119 Å². The van der Waals surface area contributed by atoms with Crippen molar-refractivity contribution in [2.75, 3.05) is 36.5 Å². The Bertz CT molecular complexity index is 524. The van der Waals surface area contributed by atoms with Gasteiger partial charge < -0.3 is 20.7 Å². The van der Waals surface area contributed by atoms with Crippen molar-refractivity contribution in [2.45, 2.75) is 19.3 Å². The van der Waals surface area contributed by atoms with Gasteiger partial charge in [-0.3, -0.25) is 0 Å². The molecule has 0 bridgehead atoms. The molecule has 0 spiro atoms. The summed E-state index contributed by atoms with van der Waals surface area (Å²) in [5.41, 5.74) is 8.49. The summed E-state index contributed by atoms with van der Waals surface area (Å²) in [4.78, 5) is 4.75. The summed E-state index contributed by atoms with van der Waals surface area (Å²) in [5, 5.41) is 11.9. The molecule has 3 rings (SSSR count). The summed E-state index contributed by atoms with van der Waals surface area (Å²) >= 11 is 0. The molecule has 3 N–H and O–H groups in total. The first kappa shape index (κ1) is 13.1. The number of benzene rings is 1. The zero-order chi connectivity index (χ0) is 14.2. The van der Waals surface area contributed by atoms with E-state index in [1.165, 1.54) is 11.4 Å². The molecule has 2 aliphatic rings. The molecule has 0 saturated heterocycles. The second-order valence-corrected chi connectivity index (χ2v) is 6.10. The minimum absolute atomic E-state index is 0.208. The fraction of sp³-hybridized carbons (Fsp3) is 0.533. The van der Waals surface area contributed by atoms with E-state index in [0.717, 1.165) is 32.5 Å². The largest absolute Gasteiger partial charge is 0.409 e. The van der Waals surface area contributed by atoms with Gasteiger partial charge in [0.2, 0.25) is 0 Å². The lowest BCUT2D eigenvalue weighted by atomic mass is 10.00. The van der Waals surface area contributed by atoms with Gasteiger partial charge in [0.15, 0.2) is 0 Å². The van der Waals surface area contributed by atoms with Crippen LogP contribution in [0.4, 0.5) is 11.4 Å². The van der Waals surface area contributed by atoms with Gasteiger partial charge in [0.05, 0.1) is 11.4 Å². The molecular formula is C15H22N4O. The average molecular weight is 274 g/mol. The number of hydrogen-bond acceptors (Lipinski definition) is 4. The summed E-state index contributed by atoms with van der Waals surface area (Å²) in [6, 6.07) is 8.53. The predicted octanol–water partition coefficient (Wildman–Crippen LogP) is 1.86. The van der Waals surface area contributed by atoms with Crippen molar-refractivity contribution in [1.29, 1.82) is 0 Å². The fourth-order valence-electron chi connectivity index (χ4n) is 3.12. The summed E-state index contributed by atoms with van der Waals surface area (Å²) in [6.07, 6.45) is 3.02. The number of para-hydroxylation sites is 2. The summed E-state index contributed by atoms with van der Waals surface area (Å²) in [5.74, 6) is 0.352. The lowest BCUT2D eigenvalue weighted by molar-refractivity contribution is 0.314. The summed E-state index contributed by atoms with van der Waals surface area (Å²) in [7, 11) is 2.14. The van der Waals surface area contributed by atoms with E-state index in [-0.39, 0.29) is 5.41 Å². The quantitative estimate of drug-likeness (QED) is 0.381. The third kappa shape index (κ3) is 2.40. The first-order valence-electron chi connectivity index (χ1n) is 7.15. The molecule has 1 aliphatic heterocycles. The Morgan fingerprint density at radius 1 is 1.30 bits per heavy atom. The van der Waals surface area contributed by atoms with Gasteiger partial charge in [-0.15, -0.1) is 0 Å². The lowest BCUT2D eigenvalue weighted by Gasteiger charge is -2.39. The van der Waals surface area contributed by atoms with Crippen molar-refractivity contribution in [2.24, 2.45) is 16.3 Å². The van der Waals surface area contributed by atoms with Crippen LogP contribution in [-0.4, -0.2) is 37.7 Å². The van der Waals surface area contributed by atoms with Gasteiger partial charge in [0.25, 0.3) is 0 Å². The maximum Gasteiger partial charge on any atom is 0.139 e. The fourth-order valence-corrected chi connectivity index (χ4v) is 3.12. The van der Waals surface area contributed by atoms with Crippen LogP contribution in [0.1, 0.15) is 19.3 Å². The molecule has 1 aromatic carbocycles. The minimum atomic E-state index is 0.208. The smallest absolute Gasteiger partial charge is 0.139 e. The Balaban J connectivity index is 1.78. The Kier molecular flexibility index (Phi) is 3.20. The number of oxime groups is 1. The van der Waals surface area contributed by atoms with Crippen LogP contribution in [0.2, 0.25) is 0 Å². The Morgan fingerprint density at radius 3 is 2.65 bits per heavy atom. The number of nitrogens with zero attached hydrogens (tertiary/aromatic N) is 3. The van der Waals surface area contributed by atoms with Crippen molar-refractivity contribution >= 4 is 17.2 Å². The Hall–Kier alpha value is -1.91. The lowest BCUT2D eigenvalue weighted by Crippen LogP contribution is -2.42. The highest BCUT2D eigenvalue weighted by Gasteiger charge is 2.45. The van der Waals surface area contributed by atoms with Crippen molar-refractivity contribution in [3.05, 3.63) is 24.3 Å². The molecule has 5 nitrogen and oxygen atoms in total. The molecule has 0 amide bonds. The van der Waals surface area contributed by atoms with Crippen LogP contribution in [0.3, 0.4) is 0 Å². The molecular weight excluding hydrogens is 252 g/mol. The van der Waals surface area contributed by atoms with Gasteiger partial charge in [0.1, 0.15) is 5.84 Å². The van der Waals surface area contributed by atoms with Crippen LogP contribution in [-0.2, 0) is 0 Å². The zero-order valence-corrected chi connectivity index (χ0v) is 11.9. The highest BCUT2D eigenvalue weighted by molar-refractivity contribution is 5.81. The van der Waals surface area contributed by atoms with Gasteiger partial charge in [-0.1, -0.05) is 17.3 Å². The van der Waals surface area contributed by atoms with Crippen molar-refractivity contribution in [1.82, 2.24) is 0 Å². The molecule has 5 heteroatoms. The molecule has 1 heterocycles. The highest BCUT2D eigenvalue weighted by Crippen LogP contribution is 2.50. The van der Waals surface area contributed by atoms with E-state index in [4.69, 9.17) is 10.9 Å². The maximum atomic E-state index is 8.77. The number of anilines is 2. The second-order valence-electron chi connectivity index (χ2n) is 6.10. The number of fused-ring (bicyclic) bond motifs is 1. The normalized spacial score (nSPS) is 20.8. The van der Waals surface area contributed by atoms with E-state index in [2.05, 4.69) is 46.3 Å². The molecule has 1 saturated carbocycles. The third-order valence-corrected chi connectivity index (χ3v) is 4.51. The van der Waals surface area contributed by atoms with Crippen LogP contribution in [0.15, 0.2) is 29.4 Å². The molecule has 1 aromatic rings. The van der Waals surface area contributed by atoms with Crippen LogP contribution in [0.5, 0.6) is 0 Å². The van der Waals surface area contributed by atoms with Crippen LogP contribution < -0.4 is 15.5 Å². The molecule has 0 unspecified atom stereocenters. The third-order valence-electron chi connectivity index (χ3n) is 4.51. The SMILES string of the molecule is CN1CCN(CC2(CC(N)=NO)CC2)c2ccccc21. The monoisotopic (exact) mass is 274 g/mol.